The first kappa shape index (κ1) is 13.1. The van der Waals surface area contributed by atoms with E-state index in [1.165, 1.54) is 0 Å². The van der Waals surface area contributed by atoms with Crippen molar-refractivity contribution in [1.29, 1.82) is 0 Å². The van der Waals surface area contributed by atoms with Crippen LogP contribution in [0.3, 0.4) is 0 Å². The summed E-state index contributed by atoms with van der Waals surface area (Å²) in [5.41, 5.74) is 1.08. The summed E-state index contributed by atoms with van der Waals surface area (Å²) in [6, 6.07) is 0. The van der Waals surface area contributed by atoms with Crippen molar-refractivity contribution >= 4 is 5.82 Å². The molecule has 1 unspecified atom stereocenters. The lowest BCUT2D eigenvalue weighted by Crippen LogP contribution is -2.18. The number of anilines is 1. The largest absolute Gasteiger partial charge is 0.471 e. The maximum absolute atomic E-state index is 5.93. The highest BCUT2D eigenvalue weighted by atomic mass is 16.5. The minimum atomic E-state index is 0.130. The molecule has 0 bridgehead atoms. The topological polar surface area (TPSA) is 56.3 Å². The number of nitrogens with zero attached hydrogens (tertiary/aromatic N) is 2. The molecular weight excluding hydrogens is 230 g/mol. The molecule has 1 saturated heterocycles. The molecule has 100 valence electrons. The van der Waals surface area contributed by atoms with Crippen LogP contribution in [0.4, 0.5) is 5.82 Å². The van der Waals surface area contributed by atoms with Crippen LogP contribution in [-0.2, 0) is 11.2 Å². The molecule has 0 saturated carbocycles. The van der Waals surface area contributed by atoms with Gasteiger partial charge in [-0.25, -0.2) is 9.97 Å². The van der Waals surface area contributed by atoms with Crippen molar-refractivity contribution in [2.24, 2.45) is 0 Å². The molecule has 1 aliphatic rings. The average Bonchev–Trinajstić information content (AvgIpc) is 2.86. The van der Waals surface area contributed by atoms with E-state index in [1.54, 1.807) is 6.33 Å². The van der Waals surface area contributed by atoms with E-state index in [9.17, 15) is 0 Å². The van der Waals surface area contributed by atoms with Gasteiger partial charge in [-0.15, -0.1) is 0 Å². The van der Waals surface area contributed by atoms with E-state index in [0.717, 1.165) is 43.8 Å². The lowest BCUT2D eigenvalue weighted by Gasteiger charge is -2.16. The van der Waals surface area contributed by atoms with Crippen LogP contribution < -0.4 is 10.1 Å². The Bertz CT molecular complexity index is 378. The molecule has 0 amide bonds. The molecule has 0 radical (unpaired) electrons. The number of hydrogen-bond acceptors (Lipinski definition) is 5. The first-order chi connectivity index (χ1) is 8.85. The predicted molar refractivity (Wildman–Crippen MR) is 70.0 cm³/mol. The summed E-state index contributed by atoms with van der Waals surface area (Å²) in [6.45, 7) is 6.49. The van der Waals surface area contributed by atoms with Gasteiger partial charge in [-0.3, -0.25) is 0 Å². The summed E-state index contributed by atoms with van der Waals surface area (Å²) < 4.78 is 11.3. The normalized spacial score (nSPS) is 18.9. The van der Waals surface area contributed by atoms with Crippen LogP contribution >= 0.6 is 0 Å². The van der Waals surface area contributed by atoms with Gasteiger partial charge in [0.2, 0.25) is 5.88 Å². The summed E-state index contributed by atoms with van der Waals surface area (Å²) >= 11 is 0. The SMILES string of the molecule is CCCc1c(NCC)ncnc1OC1CCOC1. The van der Waals surface area contributed by atoms with Crippen molar-refractivity contribution in [1.82, 2.24) is 9.97 Å². The predicted octanol–water partition coefficient (Wildman–Crippen LogP) is 2.03. The quantitative estimate of drug-likeness (QED) is 0.838. The fourth-order valence-corrected chi connectivity index (χ4v) is 2.06. The van der Waals surface area contributed by atoms with Gasteiger partial charge in [0.15, 0.2) is 0 Å². The molecular formula is C13H21N3O2. The Morgan fingerprint density at radius 3 is 3.00 bits per heavy atom. The van der Waals surface area contributed by atoms with E-state index < -0.39 is 0 Å². The summed E-state index contributed by atoms with van der Waals surface area (Å²) in [5, 5.41) is 3.26. The number of ether oxygens (including phenoxy) is 2. The second-order valence-corrected chi connectivity index (χ2v) is 4.39. The molecule has 1 fully saturated rings. The van der Waals surface area contributed by atoms with Crippen molar-refractivity contribution < 1.29 is 9.47 Å². The van der Waals surface area contributed by atoms with Crippen LogP contribution in [0.25, 0.3) is 0 Å². The molecule has 5 nitrogen and oxygen atoms in total. The summed E-state index contributed by atoms with van der Waals surface area (Å²) in [7, 11) is 0. The Morgan fingerprint density at radius 1 is 1.44 bits per heavy atom. The van der Waals surface area contributed by atoms with Gasteiger partial charge >= 0.3 is 0 Å². The van der Waals surface area contributed by atoms with Crippen LogP contribution in [0.2, 0.25) is 0 Å². The van der Waals surface area contributed by atoms with E-state index in [0.29, 0.717) is 12.5 Å². The molecule has 1 aliphatic heterocycles. The minimum absolute atomic E-state index is 0.130. The Kier molecular flexibility index (Phi) is 4.75. The van der Waals surface area contributed by atoms with E-state index in [1.807, 2.05) is 0 Å². The highest BCUT2D eigenvalue weighted by Gasteiger charge is 2.20. The van der Waals surface area contributed by atoms with E-state index >= 15 is 0 Å². The van der Waals surface area contributed by atoms with E-state index in [-0.39, 0.29) is 6.10 Å². The van der Waals surface area contributed by atoms with Gasteiger partial charge < -0.3 is 14.8 Å². The van der Waals surface area contributed by atoms with Crippen LogP contribution in [0.15, 0.2) is 6.33 Å². The third-order valence-electron chi connectivity index (χ3n) is 2.92. The maximum Gasteiger partial charge on any atom is 0.222 e. The number of hydrogen-bond donors (Lipinski definition) is 1. The monoisotopic (exact) mass is 251 g/mol. The van der Waals surface area contributed by atoms with Crippen LogP contribution in [0.5, 0.6) is 5.88 Å². The highest BCUT2D eigenvalue weighted by molar-refractivity contribution is 5.48. The minimum Gasteiger partial charge on any atom is -0.471 e. The molecule has 18 heavy (non-hydrogen) atoms. The zero-order chi connectivity index (χ0) is 12.8. The molecule has 0 spiro atoms. The Balaban J connectivity index is 2.17. The van der Waals surface area contributed by atoms with Crippen molar-refractivity contribution in [3.05, 3.63) is 11.9 Å². The van der Waals surface area contributed by atoms with E-state index in [4.69, 9.17) is 9.47 Å². The third-order valence-corrected chi connectivity index (χ3v) is 2.92. The fraction of sp³-hybridized carbons (Fsp3) is 0.692. The molecule has 1 atom stereocenters. The molecule has 5 heteroatoms. The zero-order valence-corrected chi connectivity index (χ0v) is 11.1. The van der Waals surface area contributed by atoms with Crippen molar-refractivity contribution in [2.45, 2.75) is 39.2 Å². The van der Waals surface area contributed by atoms with Gasteiger partial charge in [-0.05, 0) is 13.3 Å². The molecule has 0 aliphatic carbocycles. The van der Waals surface area contributed by atoms with Gasteiger partial charge in [0.05, 0.1) is 18.8 Å². The first-order valence-corrected chi connectivity index (χ1v) is 6.67. The summed E-state index contributed by atoms with van der Waals surface area (Å²) in [5.74, 6) is 1.60. The van der Waals surface area contributed by atoms with Crippen molar-refractivity contribution in [3.63, 3.8) is 0 Å². The number of nitrogens with one attached hydrogen (secondary N) is 1. The van der Waals surface area contributed by atoms with Gasteiger partial charge in [0.25, 0.3) is 0 Å². The van der Waals surface area contributed by atoms with Crippen LogP contribution in [0.1, 0.15) is 32.3 Å². The molecule has 0 aromatic carbocycles. The molecule has 1 aromatic rings. The zero-order valence-electron chi connectivity index (χ0n) is 11.1. The Labute approximate surface area is 108 Å². The molecule has 2 rings (SSSR count). The van der Waals surface area contributed by atoms with Gasteiger partial charge in [0.1, 0.15) is 18.2 Å². The van der Waals surface area contributed by atoms with Crippen molar-refractivity contribution in [2.75, 3.05) is 25.1 Å². The van der Waals surface area contributed by atoms with Gasteiger partial charge in [0, 0.05) is 13.0 Å². The lowest BCUT2D eigenvalue weighted by molar-refractivity contribution is 0.137. The second kappa shape index (κ2) is 6.54. The van der Waals surface area contributed by atoms with Crippen LogP contribution in [-0.4, -0.2) is 35.8 Å². The molecule has 2 heterocycles. The lowest BCUT2D eigenvalue weighted by atomic mass is 10.1. The highest BCUT2D eigenvalue weighted by Crippen LogP contribution is 2.25. The summed E-state index contributed by atoms with van der Waals surface area (Å²) in [4.78, 5) is 8.56. The first-order valence-electron chi connectivity index (χ1n) is 6.67. The van der Waals surface area contributed by atoms with E-state index in [2.05, 4.69) is 29.1 Å². The second-order valence-electron chi connectivity index (χ2n) is 4.39. The Morgan fingerprint density at radius 2 is 2.33 bits per heavy atom. The third kappa shape index (κ3) is 3.10. The molecule has 1 aromatic heterocycles. The standard InChI is InChI=1S/C13H21N3O2/c1-3-5-11-12(14-4-2)15-9-16-13(11)18-10-6-7-17-8-10/h9-10H,3-8H2,1-2H3,(H,14,15,16). The summed E-state index contributed by atoms with van der Waals surface area (Å²) in [6.07, 6.45) is 4.59. The van der Waals surface area contributed by atoms with Gasteiger partial charge in [-0.2, -0.15) is 0 Å². The smallest absolute Gasteiger partial charge is 0.222 e. The maximum atomic E-state index is 5.93. The van der Waals surface area contributed by atoms with Crippen LogP contribution in [0, 0.1) is 0 Å². The Hall–Kier alpha value is -1.36. The number of aromatic nitrogens is 2. The number of rotatable bonds is 6. The fourth-order valence-electron chi connectivity index (χ4n) is 2.06. The van der Waals surface area contributed by atoms with Crippen molar-refractivity contribution in [3.8, 4) is 5.88 Å². The van der Waals surface area contributed by atoms with Gasteiger partial charge in [-0.1, -0.05) is 13.3 Å². The molecule has 1 N–H and O–H groups in total. The average molecular weight is 251 g/mol.